The van der Waals surface area contributed by atoms with Gasteiger partial charge in [0.25, 0.3) is 0 Å². The molecule has 3 rings (SSSR count). The van der Waals surface area contributed by atoms with Crippen molar-refractivity contribution in [3.05, 3.63) is 65.7 Å². The minimum absolute atomic E-state index is 0.0368. The number of carbonyl (C=O) groups excluding carboxylic acids is 1. The maximum atomic E-state index is 12.0. The second-order valence-corrected chi connectivity index (χ2v) is 6.23. The van der Waals surface area contributed by atoms with Gasteiger partial charge in [-0.25, -0.2) is 5.01 Å². The number of hydrogen-bond donors (Lipinski definition) is 0. The van der Waals surface area contributed by atoms with Gasteiger partial charge in [0, 0.05) is 13.3 Å². The van der Waals surface area contributed by atoms with Crippen LogP contribution in [-0.4, -0.2) is 22.7 Å². The minimum atomic E-state index is -0.0429. The molecule has 1 aliphatic heterocycles. The molecule has 1 aliphatic rings. The van der Waals surface area contributed by atoms with Gasteiger partial charge in [0.05, 0.1) is 17.9 Å². The molecule has 2 aromatic rings. The molecular weight excluding hydrogens is 300 g/mol. The number of amides is 1. The number of hydrogen-bond acceptors (Lipinski definition) is 3. The Balaban J connectivity index is 1.84. The van der Waals surface area contributed by atoms with Gasteiger partial charge in [0.15, 0.2) is 0 Å². The fraction of sp³-hybridized carbons (Fsp3) is 0.300. The average molecular weight is 322 g/mol. The van der Waals surface area contributed by atoms with E-state index in [2.05, 4.69) is 5.10 Å². The third-order valence-electron chi connectivity index (χ3n) is 3.98. The summed E-state index contributed by atoms with van der Waals surface area (Å²) in [6.07, 6.45) is 0.865. The zero-order valence-corrected chi connectivity index (χ0v) is 14.3. The Morgan fingerprint density at radius 3 is 2.38 bits per heavy atom. The van der Waals surface area contributed by atoms with Gasteiger partial charge >= 0.3 is 0 Å². The van der Waals surface area contributed by atoms with E-state index in [1.54, 1.807) is 11.9 Å². The quantitative estimate of drug-likeness (QED) is 0.847. The van der Waals surface area contributed by atoms with Crippen LogP contribution in [0.5, 0.6) is 5.75 Å². The molecule has 0 bridgehead atoms. The number of benzene rings is 2. The first kappa shape index (κ1) is 16.2. The molecule has 0 radical (unpaired) electrons. The highest BCUT2D eigenvalue weighted by Crippen LogP contribution is 2.32. The summed E-state index contributed by atoms with van der Waals surface area (Å²) < 4.78 is 5.68. The summed E-state index contributed by atoms with van der Waals surface area (Å²) in [6.45, 7) is 5.57. The fourth-order valence-electron chi connectivity index (χ4n) is 2.91. The molecule has 24 heavy (non-hydrogen) atoms. The van der Waals surface area contributed by atoms with E-state index in [-0.39, 0.29) is 18.1 Å². The Bertz CT molecular complexity index is 736. The number of hydrazone groups is 1. The minimum Gasteiger partial charge on any atom is -0.491 e. The maximum Gasteiger partial charge on any atom is 0.240 e. The number of ether oxygens (including phenoxy) is 1. The summed E-state index contributed by atoms with van der Waals surface area (Å²) >= 11 is 0. The van der Waals surface area contributed by atoms with Gasteiger partial charge < -0.3 is 4.74 Å². The second kappa shape index (κ2) is 6.87. The van der Waals surface area contributed by atoms with Gasteiger partial charge in [-0.3, -0.25) is 4.79 Å². The summed E-state index contributed by atoms with van der Waals surface area (Å²) in [4.78, 5) is 12.0. The Morgan fingerprint density at radius 1 is 1.12 bits per heavy atom. The molecule has 4 nitrogen and oxygen atoms in total. The van der Waals surface area contributed by atoms with Crippen LogP contribution in [-0.2, 0) is 4.79 Å². The topological polar surface area (TPSA) is 41.9 Å². The van der Waals surface area contributed by atoms with Crippen molar-refractivity contribution >= 4 is 11.6 Å². The summed E-state index contributed by atoms with van der Waals surface area (Å²) in [7, 11) is 0. The Labute approximate surface area is 142 Å². The standard InChI is InChI=1S/C20H22N2O2/c1-14(2)24-18-11-9-16(10-12-18)19-13-20(22(21-19)15(3)23)17-7-5-4-6-8-17/h4-12,14,20H,13H2,1-3H3. The first-order valence-corrected chi connectivity index (χ1v) is 8.24. The van der Waals surface area contributed by atoms with E-state index in [9.17, 15) is 4.79 Å². The highest BCUT2D eigenvalue weighted by Gasteiger charge is 2.31. The van der Waals surface area contributed by atoms with Crippen molar-refractivity contribution in [1.29, 1.82) is 0 Å². The SMILES string of the molecule is CC(=O)N1N=C(c2ccc(OC(C)C)cc2)CC1c1ccccc1. The highest BCUT2D eigenvalue weighted by atomic mass is 16.5. The third-order valence-corrected chi connectivity index (χ3v) is 3.98. The van der Waals surface area contributed by atoms with Crippen molar-refractivity contribution in [3.63, 3.8) is 0 Å². The van der Waals surface area contributed by atoms with Crippen molar-refractivity contribution < 1.29 is 9.53 Å². The molecular formula is C20H22N2O2. The van der Waals surface area contributed by atoms with Crippen LogP contribution in [0.1, 0.15) is 44.4 Å². The van der Waals surface area contributed by atoms with Gasteiger partial charge in [0.2, 0.25) is 5.91 Å². The largest absolute Gasteiger partial charge is 0.491 e. The van der Waals surface area contributed by atoms with Crippen molar-refractivity contribution in [1.82, 2.24) is 5.01 Å². The molecule has 1 heterocycles. The number of carbonyl (C=O) groups is 1. The fourth-order valence-corrected chi connectivity index (χ4v) is 2.91. The molecule has 0 saturated carbocycles. The van der Waals surface area contributed by atoms with Crippen LogP contribution in [0, 0.1) is 0 Å². The van der Waals surface area contributed by atoms with Crippen molar-refractivity contribution in [2.24, 2.45) is 5.10 Å². The summed E-state index contributed by atoms with van der Waals surface area (Å²) in [6, 6.07) is 17.9. The van der Waals surface area contributed by atoms with Crippen molar-refractivity contribution in [2.45, 2.75) is 39.3 Å². The van der Waals surface area contributed by atoms with E-state index in [0.717, 1.165) is 22.6 Å². The van der Waals surface area contributed by atoms with E-state index < -0.39 is 0 Å². The van der Waals surface area contributed by atoms with Gasteiger partial charge in [-0.1, -0.05) is 30.3 Å². The van der Waals surface area contributed by atoms with E-state index in [1.807, 2.05) is 68.4 Å². The van der Waals surface area contributed by atoms with E-state index in [4.69, 9.17) is 4.74 Å². The predicted molar refractivity (Wildman–Crippen MR) is 95.1 cm³/mol. The summed E-state index contributed by atoms with van der Waals surface area (Å²) in [5.41, 5.74) is 3.05. The molecule has 1 amide bonds. The monoisotopic (exact) mass is 322 g/mol. The van der Waals surface area contributed by atoms with E-state index in [1.165, 1.54) is 0 Å². The lowest BCUT2D eigenvalue weighted by molar-refractivity contribution is -0.130. The average Bonchev–Trinajstić information content (AvgIpc) is 3.01. The van der Waals surface area contributed by atoms with Crippen LogP contribution >= 0.6 is 0 Å². The molecule has 2 aromatic carbocycles. The van der Waals surface area contributed by atoms with Crippen LogP contribution in [0.4, 0.5) is 0 Å². The number of nitrogens with zero attached hydrogens (tertiary/aromatic N) is 2. The molecule has 0 fully saturated rings. The van der Waals surface area contributed by atoms with Crippen LogP contribution < -0.4 is 4.74 Å². The first-order chi connectivity index (χ1) is 11.5. The molecule has 0 spiro atoms. The molecule has 0 aliphatic carbocycles. The molecule has 1 atom stereocenters. The van der Waals surface area contributed by atoms with Crippen molar-refractivity contribution in [2.75, 3.05) is 0 Å². The molecule has 4 heteroatoms. The van der Waals surface area contributed by atoms with E-state index >= 15 is 0 Å². The summed E-state index contributed by atoms with van der Waals surface area (Å²) in [5, 5.41) is 6.15. The molecule has 124 valence electrons. The van der Waals surface area contributed by atoms with Crippen LogP contribution in [0.3, 0.4) is 0 Å². The number of rotatable bonds is 4. The molecule has 1 unspecified atom stereocenters. The van der Waals surface area contributed by atoms with Gasteiger partial charge in [-0.05, 0) is 49.2 Å². The first-order valence-electron chi connectivity index (χ1n) is 8.24. The normalized spacial score (nSPS) is 17.1. The Hall–Kier alpha value is -2.62. The summed E-state index contributed by atoms with van der Waals surface area (Å²) in [5.74, 6) is 0.800. The van der Waals surface area contributed by atoms with Crippen LogP contribution in [0.15, 0.2) is 59.7 Å². The lowest BCUT2D eigenvalue weighted by Crippen LogP contribution is -2.24. The molecule has 0 aromatic heterocycles. The Morgan fingerprint density at radius 2 is 1.79 bits per heavy atom. The molecule has 0 saturated heterocycles. The lowest BCUT2D eigenvalue weighted by Gasteiger charge is -2.20. The Kier molecular flexibility index (Phi) is 4.65. The van der Waals surface area contributed by atoms with Crippen LogP contribution in [0.2, 0.25) is 0 Å². The zero-order valence-electron chi connectivity index (χ0n) is 14.3. The lowest BCUT2D eigenvalue weighted by atomic mass is 9.98. The van der Waals surface area contributed by atoms with Crippen molar-refractivity contribution in [3.8, 4) is 5.75 Å². The predicted octanol–water partition coefficient (Wildman–Crippen LogP) is 4.17. The third kappa shape index (κ3) is 3.48. The van der Waals surface area contributed by atoms with Gasteiger partial charge in [-0.15, -0.1) is 0 Å². The highest BCUT2D eigenvalue weighted by molar-refractivity contribution is 6.03. The van der Waals surface area contributed by atoms with Gasteiger partial charge in [-0.2, -0.15) is 5.10 Å². The maximum absolute atomic E-state index is 12.0. The van der Waals surface area contributed by atoms with E-state index in [0.29, 0.717) is 6.42 Å². The second-order valence-electron chi connectivity index (χ2n) is 6.23. The zero-order chi connectivity index (χ0) is 17.1. The smallest absolute Gasteiger partial charge is 0.240 e. The molecule has 0 N–H and O–H groups in total. The van der Waals surface area contributed by atoms with Crippen LogP contribution in [0.25, 0.3) is 0 Å². The van der Waals surface area contributed by atoms with Gasteiger partial charge in [0.1, 0.15) is 5.75 Å².